The number of hydrogen-bond donors (Lipinski definition) is 1. The second kappa shape index (κ2) is 10.9. The molecule has 0 fully saturated rings. The maximum atomic E-state index is 12.2. The molecule has 1 amide bonds. The monoisotopic (exact) mass is 397 g/mol. The van der Waals surface area contributed by atoms with Gasteiger partial charge >= 0.3 is 5.97 Å². The molecule has 0 bridgehead atoms. The Morgan fingerprint density at radius 3 is 2.48 bits per heavy atom. The van der Waals surface area contributed by atoms with Gasteiger partial charge in [-0.2, -0.15) is 0 Å². The lowest BCUT2D eigenvalue weighted by atomic mass is 9.97. The number of rotatable bonds is 9. The van der Waals surface area contributed by atoms with Crippen LogP contribution in [0, 0.1) is 0 Å². The molecule has 2 aromatic carbocycles. The van der Waals surface area contributed by atoms with Gasteiger partial charge in [-0.25, -0.2) is 4.79 Å². The maximum absolute atomic E-state index is 12.2. The molecule has 1 unspecified atom stereocenters. The van der Waals surface area contributed by atoms with Crippen molar-refractivity contribution in [1.82, 2.24) is 0 Å². The van der Waals surface area contributed by atoms with Crippen LogP contribution in [0.1, 0.15) is 37.3 Å². The fourth-order valence-electron chi connectivity index (χ4n) is 2.75. The van der Waals surface area contributed by atoms with E-state index in [1.54, 1.807) is 31.4 Å². The smallest absolute Gasteiger partial charge is 0.331 e. The molecule has 0 saturated carbocycles. The third kappa shape index (κ3) is 6.38. The van der Waals surface area contributed by atoms with E-state index in [0.29, 0.717) is 17.4 Å². The first-order valence-electron chi connectivity index (χ1n) is 9.44. The van der Waals surface area contributed by atoms with Gasteiger partial charge in [-0.1, -0.05) is 38.1 Å². The molecule has 29 heavy (non-hydrogen) atoms. The lowest BCUT2D eigenvalue weighted by molar-refractivity contribution is -0.142. The van der Waals surface area contributed by atoms with Crippen LogP contribution in [0.2, 0.25) is 0 Å². The zero-order valence-electron chi connectivity index (χ0n) is 17.2. The predicted octanol–water partition coefficient (Wildman–Crippen LogP) is 4.41. The van der Waals surface area contributed by atoms with E-state index in [-0.39, 0.29) is 12.5 Å². The minimum atomic E-state index is -0.606. The first-order chi connectivity index (χ1) is 14.0. The van der Waals surface area contributed by atoms with Crippen LogP contribution in [0.5, 0.6) is 11.5 Å². The molecule has 6 nitrogen and oxygen atoms in total. The van der Waals surface area contributed by atoms with Crippen LogP contribution >= 0.6 is 0 Å². The Morgan fingerprint density at radius 2 is 1.79 bits per heavy atom. The van der Waals surface area contributed by atoms with Crippen LogP contribution in [0.3, 0.4) is 0 Å². The van der Waals surface area contributed by atoms with E-state index < -0.39 is 5.97 Å². The first kappa shape index (κ1) is 22.0. The molecule has 0 aliphatic carbocycles. The number of carbonyl (C=O) groups is 2. The predicted molar refractivity (Wildman–Crippen MR) is 113 cm³/mol. The highest BCUT2D eigenvalue weighted by Gasteiger charge is 2.12. The number of amides is 1. The van der Waals surface area contributed by atoms with E-state index in [0.717, 1.165) is 23.2 Å². The lowest BCUT2D eigenvalue weighted by Crippen LogP contribution is -2.21. The molecule has 1 atom stereocenters. The Balaban J connectivity index is 1.91. The zero-order chi connectivity index (χ0) is 21.2. The molecule has 2 aromatic rings. The summed E-state index contributed by atoms with van der Waals surface area (Å²) in [6.07, 6.45) is 3.81. The van der Waals surface area contributed by atoms with Crippen molar-refractivity contribution in [3.63, 3.8) is 0 Å². The van der Waals surface area contributed by atoms with E-state index >= 15 is 0 Å². The van der Waals surface area contributed by atoms with Gasteiger partial charge < -0.3 is 19.5 Å². The van der Waals surface area contributed by atoms with Crippen molar-refractivity contribution in [2.24, 2.45) is 0 Å². The average molecular weight is 397 g/mol. The first-order valence-corrected chi connectivity index (χ1v) is 9.44. The highest BCUT2D eigenvalue weighted by atomic mass is 16.5. The Hall–Kier alpha value is -3.28. The Bertz CT molecular complexity index is 875. The van der Waals surface area contributed by atoms with Crippen LogP contribution in [0.25, 0.3) is 6.08 Å². The highest BCUT2D eigenvalue weighted by molar-refractivity contribution is 5.95. The molecule has 2 rings (SSSR count). The van der Waals surface area contributed by atoms with Gasteiger partial charge in [0.2, 0.25) is 0 Å². The fraction of sp³-hybridized carbons (Fsp3) is 0.304. The van der Waals surface area contributed by atoms with Crippen molar-refractivity contribution in [3.8, 4) is 11.5 Å². The SMILES string of the molecule is CCC(C)c1ccccc1NC(=O)COC(=O)C=Cc1ccc(OC)c(OC)c1. The standard InChI is InChI=1S/C23H27NO5/c1-5-16(2)18-8-6-7-9-19(18)24-22(25)15-29-23(26)13-11-17-10-12-20(27-3)21(14-17)28-4/h6-14,16H,5,15H2,1-4H3,(H,24,25). The quantitative estimate of drug-likeness (QED) is 0.501. The Kier molecular flexibility index (Phi) is 8.27. The Labute approximate surface area is 171 Å². The molecule has 0 heterocycles. The van der Waals surface area contributed by atoms with E-state index in [4.69, 9.17) is 14.2 Å². The van der Waals surface area contributed by atoms with Gasteiger partial charge in [0.15, 0.2) is 18.1 Å². The van der Waals surface area contributed by atoms with Crippen molar-refractivity contribution in [1.29, 1.82) is 0 Å². The van der Waals surface area contributed by atoms with Gasteiger partial charge in [0.05, 0.1) is 14.2 Å². The van der Waals surface area contributed by atoms with Gasteiger partial charge in [-0.15, -0.1) is 0 Å². The summed E-state index contributed by atoms with van der Waals surface area (Å²) >= 11 is 0. The van der Waals surface area contributed by atoms with Crippen LogP contribution in [-0.2, 0) is 14.3 Å². The molecule has 0 radical (unpaired) electrons. The van der Waals surface area contributed by atoms with Crippen LogP contribution in [-0.4, -0.2) is 32.7 Å². The third-order valence-electron chi connectivity index (χ3n) is 4.54. The number of nitrogens with one attached hydrogen (secondary N) is 1. The summed E-state index contributed by atoms with van der Waals surface area (Å²) in [5.74, 6) is 0.487. The third-order valence-corrected chi connectivity index (χ3v) is 4.54. The number of ether oxygens (including phenoxy) is 3. The lowest BCUT2D eigenvalue weighted by Gasteiger charge is -2.15. The molecule has 0 aliphatic rings. The zero-order valence-corrected chi connectivity index (χ0v) is 17.2. The van der Waals surface area contributed by atoms with Gasteiger partial charge in [0, 0.05) is 11.8 Å². The van der Waals surface area contributed by atoms with Crippen LogP contribution in [0.4, 0.5) is 5.69 Å². The number of para-hydroxylation sites is 1. The van der Waals surface area contributed by atoms with Crippen molar-refractivity contribution >= 4 is 23.6 Å². The highest BCUT2D eigenvalue weighted by Crippen LogP contribution is 2.28. The number of methoxy groups -OCH3 is 2. The summed E-state index contributed by atoms with van der Waals surface area (Å²) < 4.78 is 15.4. The fourth-order valence-corrected chi connectivity index (χ4v) is 2.75. The minimum Gasteiger partial charge on any atom is -0.493 e. The molecular formula is C23H27NO5. The van der Waals surface area contributed by atoms with Gasteiger partial charge in [-0.3, -0.25) is 4.79 Å². The normalized spacial score (nSPS) is 11.7. The summed E-state index contributed by atoms with van der Waals surface area (Å²) in [6, 6.07) is 12.9. The average Bonchev–Trinajstić information content (AvgIpc) is 2.75. The van der Waals surface area contributed by atoms with Gasteiger partial charge in [0.1, 0.15) is 0 Å². The molecular weight excluding hydrogens is 370 g/mol. The summed E-state index contributed by atoms with van der Waals surface area (Å²) in [5, 5.41) is 2.81. The van der Waals surface area contributed by atoms with E-state index in [9.17, 15) is 9.59 Å². The van der Waals surface area contributed by atoms with Crippen LogP contribution < -0.4 is 14.8 Å². The van der Waals surface area contributed by atoms with Crippen molar-refractivity contribution < 1.29 is 23.8 Å². The summed E-state index contributed by atoms with van der Waals surface area (Å²) in [5.41, 5.74) is 2.54. The van der Waals surface area contributed by atoms with Gasteiger partial charge in [-0.05, 0) is 47.7 Å². The summed E-state index contributed by atoms with van der Waals surface area (Å²) in [6.45, 7) is 3.84. The molecule has 0 aliphatic heterocycles. The van der Waals surface area contributed by atoms with Crippen LogP contribution in [0.15, 0.2) is 48.5 Å². The summed E-state index contributed by atoms with van der Waals surface area (Å²) in [7, 11) is 3.09. The molecule has 0 aromatic heterocycles. The number of carbonyl (C=O) groups excluding carboxylic acids is 2. The van der Waals surface area contributed by atoms with E-state index in [1.807, 2.05) is 24.3 Å². The number of esters is 1. The minimum absolute atomic E-state index is 0.318. The van der Waals surface area contributed by atoms with E-state index in [1.165, 1.54) is 13.2 Å². The van der Waals surface area contributed by atoms with Crippen molar-refractivity contribution in [2.45, 2.75) is 26.2 Å². The van der Waals surface area contributed by atoms with Gasteiger partial charge in [0.25, 0.3) is 5.91 Å². The molecule has 154 valence electrons. The Morgan fingerprint density at radius 1 is 1.07 bits per heavy atom. The van der Waals surface area contributed by atoms with Crippen molar-refractivity contribution in [3.05, 3.63) is 59.7 Å². The molecule has 6 heteroatoms. The number of benzene rings is 2. The molecule has 1 N–H and O–H groups in total. The number of hydrogen-bond acceptors (Lipinski definition) is 5. The molecule has 0 saturated heterocycles. The van der Waals surface area contributed by atoms with E-state index in [2.05, 4.69) is 19.2 Å². The topological polar surface area (TPSA) is 73.9 Å². The van der Waals surface area contributed by atoms with Crippen molar-refractivity contribution in [2.75, 3.05) is 26.1 Å². The summed E-state index contributed by atoms with van der Waals surface area (Å²) in [4.78, 5) is 24.1. The second-order valence-corrected chi connectivity index (χ2v) is 6.50. The maximum Gasteiger partial charge on any atom is 0.331 e. The second-order valence-electron chi connectivity index (χ2n) is 6.50. The largest absolute Gasteiger partial charge is 0.493 e. The number of anilines is 1. The molecule has 0 spiro atoms.